The standard InChI is InChI=1S/C5H4N.Hg/c1-2-4-6-5-3-1;/h2-5H;/q;+1. The first-order chi connectivity index (χ1) is 3.39. The molecule has 0 radical (unpaired) electrons. The van der Waals surface area contributed by atoms with Crippen LogP contribution in [0, 0.1) is 0 Å². The Bertz CT molecular complexity index is 138. The molecule has 2 heteroatoms. The molecular weight excluding hydrogens is 275 g/mol. The minimum atomic E-state index is 0.770. The summed E-state index contributed by atoms with van der Waals surface area (Å²) in [4.78, 5) is 3.88. The van der Waals surface area contributed by atoms with Crippen molar-refractivity contribution in [1.29, 1.82) is 0 Å². The van der Waals surface area contributed by atoms with Crippen LogP contribution in [0.5, 0.6) is 0 Å². The Morgan fingerprint density at radius 1 is 1.29 bits per heavy atom. The van der Waals surface area contributed by atoms with Crippen molar-refractivity contribution in [2.45, 2.75) is 0 Å². The van der Waals surface area contributed by atoms with E-state index >= 15 is 0 Å². The van der Waals surface area contributed by atoms with Gasteiger partial charge in [-0.2, -0.15) is 0 Å². The van der Waals surface area contributed by atoms with E-state index in [0.717, 1.165) is 26.1 Å². The molecular formula is C5H4HgN+. The molecule has 1 heterocycles. The van der Waals surface area contributed by atoms with Gasteiger partial charge in [0.15, 0.2) is 0 Å². The summed E-state index contributed by atoms with van der Waals surface area (Å²) >= 11 is 0.770. The summed E-state index contributed by atoms with van der Waals surface area (Å²) in [6.07, 6.45) is 3.67. The number of aromatic nitrogens is 1. The van der Waals surface area contributed by atoms with Gasteiger partial charge >= 0.3 is 58.7 Å². The SMILES string of the molecule is [Hg+][c]1ccncc1. The quantitative estimate of drug-likeness (QED) is 0.620. The first-order valence-electron chi connectivity index (χ1n) is 2.11. The van der Waals surface area contributed by atoms with Crippen LogP contribution in [0.1, 0.15) is 0 Å². The molecule has 0 aromatic carbocycles. The molecule has 7 heavy (non-hydrogen) atoms. The molecule has 0 amide bonds. The van der Waals surface area contributed by atoms with E-state index in [9.17, 15) is 0 Å². The van der Waals surface area contributed by atoms with Gasteiger partial charge in [-0.05, 0) is 0 Å². The van der Waals surface area contributed by atoms with Crippen LogP contribution in [0.25, 0.3) is 0 Å². The molecule has 0 fully saturated rings. The van der Waals surface area contributed by atoms with Crippen LogP contribution in [0.15, 0.2) is 24.5 Å². The van der Waals surface area contributed by atoms with Crippen molar-refractivity contribution in [2.75, 3.05) is 0 Å². The Hall–Kier alpha value is 0.0851. The molecule has 0 unspecified atom stereocenters. The summed E-state index contributed by atoms with van der Waals surface area (Å²) in [6.45, 7) is 0. The van der Waals surface area contributed by atoms with Gasteiger partial charge in [0.05, 0.1) is 0 Å². The van der Waals surface area contributed by atoms with Crippen LogP contribution < -0.4 is 3.07 Å². The molecule has 30 valence electrons. The number of nitrogens with zero attached hydrogens (tertiary/aromatic N) is 1. The van der Waals surface area contributed by atoms with E-state index < -0.39 is 0 Å². The number of hydrogen-bond donors (Lipinski definition) is 0. The van der Waals surface area contributed by atoms with Crippen LogP contribution in [0.2, 0.25) is 0 Å². The van der Waals surface area contributed by atoms with E-state index in [1.54, 1.807) is 0 Å². The second-order valence-corrected chi connectivity index (χ2v) is 4.53. The zero-order valence-corrected chi connectivity index (χ0v) is 9.46. The Morgan fingerprint density at radius 2 is 1.86 bits per heavy atom. The van der Waals surface area contributed by atoms with Gasteiger partial charge < -0.3 is 0 Å². The van der Waals surface area contributed by atoms with Crippen LogP contribution in [-0.4, -0.2) is 4.98 Å². The average Bonchev–Trinajstić information content (AvgIpc) is 1.69. The fraction of sp³-hybridized carbons (Fsp3) is 0. The van der Waals surface area contributed by atoms with E-state index in [4.69, 9.17) is 0 Å². The molecule has 0 aliphatic carbocycles. The molecule has 0 aliphatic heterocycles. The monoisotopic (exact) mass is 280 g/mol. The Balaban J connectivity index is 3.02. The van der Waals surface area contributed by atoms with Crippen molar-refractivity contribution in [3.8, 4) is 0 Å². The van der Waals surface area contributed by atoms with Gasteiger partial charge in [0.2, 0.25) is 0 Å². The summed E-state index contributed by atoms with van der Waals surface area (Å²) < 4.78 is 1.45. The van der Waals surface area contributed by atoms with Gasteiger partial charge in [0, 0.05) is 0 Å². The molecule has 1 rings (SSSR count). The Kier molecular flexibility index (Phi) is 1.80. The van der Waals surface area contributed by atoms with Gasteiger partial charge in [-0.3, -0.25) is 0 Å². The van der Waals surface area contributed by atoms with E-state index in [-0.39, 0.29) is 0 Å². The van der Waals surface area contributed by atoms with Gasteiger partial charge in [0.1, 0.15) is 0 Å². The molecule has 0 spiro atoms. The minimum absolute atomic E-state index is 0.770. The third-order valence-electron chi connectivity index (χ3n) is 0.749. The fourth-order valence-corrected chi connectivity index (χ4v) is 1.20. The first-order valence-corrected chi connectivity index (χ1v) is 4.86. The molecule has 0 aliphatic rings. The van der Waals surface area contributed by atoms with Crippen LogP contribution in [0.3, 0.4) is 0 Å². The fourth-order valence-electron chi connectivity index (χ4n) is 0.383. The predicted octanol–water partition coefficient (Wildman–Crippen LogP) is 0.254. The average molecular weight is 279 g/mol. The molecule has 1 nitrogen and oxygen atoms in total. The van der Waals surface area contributed by atoms with Crippen LogP contribution in [0.4, 0.5) is 0 Å². The molecule has 0 bridgehead atoms. The summed E-state index contributed by atoms with van der Waals surface area (Å²) in [5, 5.41) is 0. The predicted molar refractivity (Wildman–Crippen MR) is 23.9 cm³/mol. The third-order valence-corrected chi connectivity index (χ3v) is 2.58. The van der Waals surface area contributed by atoms with Gasteiger partial charge in [-0.25, -0.2) is 0 Å². The van der Waals surface area contributed by atoms with Crippen molar-refractivity contribution in [3.05, 3.63) is 24.5 Å². The van der Waals surface area contributed by atoms with E-state index in [1.165, 1.54) is 3.07 Å². The number of rotatable bonds is 0. The second-order valence-electron chi connectivity index (χ2n) is 1.36. The normalized spacial score (nSPS) is 8.86. The summed E-state index contributed by atoms with van der Waals surface area (Å²) in [6, 6.07) is 4.12. The van der Waals surface area contributed by atoms with Gasteiger partial charge in [-0.15, -0.1) is 0 Å². The molecule has 0 saturated carbocycles. The maximum absolute atomic E-state index is 3.88. The topological polar surface area (TPSA) is 12.9 Å². The summed E-state index contributed by atoms with van der Waals surface area (Å²) in [5.41, 5.74) is 0. The summed E-state index contributed by atoms with van der Waals surface area (Å²) in [7, 11) is 0. The number of hydrogen-bond acceptors (Lipinski definition) is 1. The van der Waals surface area contributed by atoms with Crippen molar-refractivity contribution < 1.29 is 26.1 Å². The van der Waals surface area contributed by atoms with Crippen molar-refractivity contribution in [1.82, 2.24) is 4.98 Å². The molecule has 0 N–H and O–H groups in total. The second kappa shape index (κ2) is 2.41. The summed E-state index contributed by atoms with van der Waals surface area (Å²) in [5.74, 6) is 0. The first kappa shape index (κ1) is 5.23. The van der Waals surface area contributed by atoms with E-state index in [2.05, 4.69) is 17.1 Å². The van der Waals surface area contributed by atoms with E-state index in [1.807, 2.05) is 12.4 Å². The van der Waals surface area contributed by atoms with Crippen LogP contribution >= 0.6 is 0 Å². The Morgan fingerprint density at radius 3 is 2.14 bits per heavy atom. The molecule has 0 atom stereocenters. The molecule has 1 aromatic rings. The van der Waals surface area contributed by atoms with Crippen LogP contribution in [-0.2, 0) is 26.1 Å². The van der Waals surface area contributed by atoms with E-state index in [0.29, 0.717) is 0 Å². The van der Waals surface area contributed by atoms with Gasteiger partial charge in [-0.1, -0.05) is 0 Å². The maximum atomic E-state index is 3.88. The zero-order valence-electron chi connectivity index (χ0n) is 3.96. The Labute approximate surface area is 58.7 Å². The van der Waals surface area contributed by atoms with Crippen molar-refractivity contribution in [3.63, 3.8) is 0 Å². The molecule has 1 aromatic heterocycles. The van der Waals surface area contributed by atoms with Gasteiger partial charge in [0.25, 0.3) is 0 Å². The van der Waals surface area contributed by atoms with Crippen molar-refractivity contribution >= 4 is 3.07 Å². The number of pyridine rings is 1. The molecule has 0 saturated heterocycles. The van der Waals surface area contributed by atoms with Crippen molar-refractivity contribution in [2.24, 2.45) is 0 Å². The third kappa shape index (κ3) is 1.55. The zero-order chi connectivity index (χ0) is 5.11.